The van der Waals surface area contributed by atoms with E-state index < -0.39 is 29.9 Å². The summed E-state index contributed by atoms with van der Waals surface area (Å²) in [5.74, 6) is 0.0359. The smallest absolute Gasteiger partial charge is 0.325 e. The molecular weight excluding hydrogens is 398 g/mol. The first kappa shape index (κ1) is 19.1. The Morgan fingerprint density at radius 1 is 1.24 bits per heavy atom. The van der Waals surface area contributed by atoms with Gasteiger partial charge in [0, 0.05) is 10.7 Å². The predicted octanol–water partition coefficient (Wildman–Crippen LogP) is 2.78. The van der Waals surface area contributed by atoms with Crippen LogP contribution in [0.5, 0.6) is 11.5 Å². The number of ether oxygens (including phenoxy) is 2. The number of imide groups is 1. The van der Waals surface area contributed by atoms with E-state index in [1.807, 2.05) is 0 Å². The van der Waals surface area contributed by atoms with E-state index in [9.17, 15) is 14.4 Å². The van der Waals surface area contributed by atoms with E-state index in [2.05, 4.69) is 10.6 Å². The number of rotatable bonds is 4. The summed E-state index contributed by atoms with van der Waals surface area (Å²) in [5.41, 5.74) is 0.441. The lowest BCUT2D eigenvalue weighted by molar-refractivity contribution is -0.133. The number of halogens is 1. The Morgan fingerprint density at radius 2 is 2.00 bits per heavy atom. The van der Waals surface area contributed by atoms with E-state index in [0.29, 0.717) is 33.3 Å². The van der Waals surface area contributed by atoms with Crippen molar-refractivity contribution in [2.45, 2.75) is 19.4 Å². The average Bonchev–Trinajstić information content (AvgIpc) is 3.24. The fraction of sp³-hybridized carbons (Fsp3) is 0.250. The second-order valence-electron chi connectivity index (χ2n) is 6.98. The van der Waals surface area contributed by atoms with Crippen molar-refractivity contribution in [2.75, 3.05) is 18.7 Å². The molecule has 2 aliphatic rings. The van der Waals surface area contributed by atoms with Gasteiger partial charge in [-0.3, -0.25) is 14.5 Å². The average molecular weight is 416 g/mol. The van der Waals surface area contributed by atoms with Crippen molar-refractivity contribution < 1.29 is 23.9 Å². The fourth-order valence-corrected chi connectivity index (χ4v) is 3.49. The molecule has 1 saturated heterocycles. The zero-order chi connectivity index (χ0) is 20.8. The Balaban J connectivity index is 1.52. The predicted molar refractivity (Wildman–Crippen MR) is 105 cm³/mol. The summed E-state index contributed by atoms with van der Waals surface area (Å²) in [6.45, 7) is 3.04. The van der Waals surface area contributed by atoms with E-state index in [4.69, 9.17) is 21.1 Å². The van der Waals surface area contributed by atoms with E-state index in [-0.39, 0.29) is 6.79 Å². The van der Waals surface area contributed by atoms with Crippen molar-refractivity contribution in [3.63, 3.8) is 0 Å². The summed E-state index contributed by atoms with van der Waals surface area (Å²) in [7, 11) is 0. The Kier molecular flexibility index (Phi) is 4.58. The van der Waals surface area contributed by atoms with Gasteiger partial charge in [-0.2, -0.15) is 0 Å². The molecule has 0 spiro atoms. The molecule has 1 fully saturated rings. The van der Waals surface area contributed by atoms with Crippen LogP contribution in [-0.4, -0.2) is 36.1 Å². The van der Waals surface area contributed by atoms with Gasteiger partial charge in [-0.1, -0.05) is 23.7 Å². The first-order valence-electron chi connectivity index (χ1n) is 8.89. The number of hydrogen-bond donors (Lipinski definition) is 2. The number of fused-ring (bicyclic) bond motifs is 1. The van der Waals surface area contributed by atoms with Crippen LogP contribution in [0.2, 0.25) is 5.02 Å². The highest BCUT2D eigenvalue weighted by molar-refractivity contribution is 6.31. The van der Waals surface area contributed by atoms with Gasteiger partial charge in [0.2, 0.25) is 12.7 Å². The molecule has 8 nitrogen and oxygen atoms in total. The maximum Gasteiger partial charge on any atom is 0.325 e. The van der Waals surface area contributed by atoms with Gasteiger partial charge >= 0.3 is 6.03 Å². The van der Waals surface area contributed by atoms with Crippen LogP contribution in [0, 0.1) is 6.92 Å². The van der Waals surface area contributed by atoms with Crippen LogP contribution in [-0.2, 0) is 15.1 Å². The quantitative estimate of drug-likeness (QED) is 0.748. The van der Waals surface area contributed by atoms with Crippen molar-refractivity contribution in [3.8, 4) is 11.5 Å². The molecule has 9 heteroatoms. The molecule has 4 rings (SSSR count). The van der Waals surface area contributed by atoms with Crippen LogP contribution in [0.4, 0.5) is 10.5 Å². The van der Waals surface area contributed by atoms with Crippen LogP contribution in [0.25, 0.3) is 0 Å². The largest absolute Gasteiger partial charge is 0.454 e. The molecule has 2 N–H and O–H groups in total. The van der Waals surface area contributed by atoms with Gasteiger partial charge in [0.1, 0.15) is 12.1 Å². The lowest BCUT2D eigenvalue weighted by Gasteiger charge is -2.22. The Labute approximate surface area is 171 Å². The summed E-state index contributed by atoms with van der Waals surface area (Å²) in [5, 5.41) is 5.86. The number of amides is 4. The zero-order valence-corrected chi connectivity index (χ0v) is 16.5. The van der Waals surface area contributed by atoms with E-state index >= 15 is 0 Å². The minimum Gasteiger partial charge on any atom is -0.454 e. The topological polar surface area (TPSA) is 97.0 Å². The molecule has 0 aliphatic carbocycles. The molecule has 2 aromatic carbocycles. The zero-order valence-electron chi connectivity index (χ0n) is 15.7. The molecule has 2 aromatic rings. The summed E-state index contributed by atoms with van der Waals surface area (Å²) >= 11 is 6.06. The van der Waals surface area contributed by atoms with Crippen molar-refractivity contribution >= 4 is 35.1 Å². The minimum atomic E-state index is -1.32. The third-order valence-corrected chi connectivity index (χ3v) is 5.48. The van der Waals surface area contributed by atoms with Crippen LogP contribution in [0.1, 0.15) is 18.1 Å². The normalized spacial score (nSPS) is 20.0. The summed E-state index contributed by atoms with van der Waals surface area (Å²) in [6, 6.07) is 9.48. The van der Waals surface area contributed by atoms with Gasteiger partial charge in [-0.25, -0.2) is 4.79 Å². The van der Waals surface area contributed by atoms with E-state index in [1.54, 1.807) is 50.2 Å². The number of carbonyl (C=O) groups excluding carboxylic acids is 3. The molecule has 0 saturated carbocycles. The molecule has 0 radical (unpaired) electrons. The molecular formula is C20H18ClN3O5. The molecule has 29 heavy (non-hydrogen) atoms. The van der Waals surface area contributed by atoms with Crippen molar-refractivity contribution in [2.24, 2.45) is 0 Å². The van der Waals surface area contributed by atoms with Crippen LogP contribution in [0.15, 0.2) is 36.4 Å². The fourth-order valence-electron chi connectivity index (χ4n) is 3.32. The number of hydrogen-bond acceptors (Lipinski definition) is 5. The Bertz CT molecular complexity index is 1040. The van der Waals surface area contributed by atoms with Gasteiger partial charge in [-0.15, -0.1) is 0 Å². The number of carbonyl (C=O) groups is 3. The van der Waals surface area contributed by atoms with E-state index in [0.717, 1.165) is 4.90 Å². The number of anilines is 1. The number of nitrogens with zero attached hydrogens (tertiary/aromatic N) is 1. The first-order valence-corrected chi connectivity index (χ1v) is 9.26. The lowest BCUT2D eigenvalue weighted by atomic mass is 9.91. The summed E-state index contributed by atoms with van der Waals surface area (Å²) in [4.78, 5) is 38.8. The highest BCUT2D eigenvalue weighted by atomic mass is 35.5. The molecule has 1 atom stereocenters. The van der Waals surface area contributed by atoms with Gasteiger partial charge in [0.05, 0.1) is 0 Å². The van der Waals surface area contributed by atoms with Gasteiger partial charge in [-0.05, 0) is 49.2 Å². The summed E-state index contributed by atoms with van der Waals surface area (Å²) < 4.78 is 10.6. The molecule has 2 heterocycles. The maximum atomic E-state index is 13.0. The third kappa shape index (κ3) is 3.25. The molecule has 0 bridgehead atoms. The van der Waals surface area contributed by atoms with Crippen LogP contribution >= 0.6 is 11.6 Å². The third-order valence-electron chi connectivity index (χ3n) is 5.07. The van der Waals surface area contributed by atoms with Crippen LogP contribution < -0.4 is 20.1 Å². The van der Waals surface area contributed by atoms with Crippen molar-refractivity contribution in [3.05, 3.63) is 52.5 Å². The van der Waals surface area contributed by atoms with Gasteiger partial charge < -0.3 is 20.1 Å². The highest BCUT2D eigenvalue weighted by Crippen LogP contribution is 2.37. The lowest BCUT2D eigenvalue weighted by Crippen LogP contribution is -2.42. The molecule has 0 aromatic heterocycles. The number of urea groups is 1. The standard InChI is InChI=1S/C20H18ClN3O5/c1-11-13(21)4-3-5-14(11)22-17(25)9-24-18(26)20(2,23-19(24)27)12-6-7-15-16(8-12)29-10-28-15/h3-8H,9-10H2,1-2H3,(H,22,25)(H,23,27). The monoisotopic (exact) mass is 415 g/mol. The molecule has 150 valence electrons. The minimum absolute atomic E-state index is 0.102. The van der Waals surface area contributed by atoms with Gasteiger partial charge in [0.15, 0.2) is 11.5 Å². The first-order chi connectivity index (χ1) is 13.8. The molecule has 4 amide bonds. The van der Waals surface area contributed by atoms with Crippen molar-refractivity contribution in [1.29, 1.82) is 0 Å². The summed E-state index contributed by atoms with van der Waals surface area (Å²) in [6.07, 6.45) is 0. The second-order valence-corrected chi connectivity index (χ2v) is 7.38. The number of benzene rings is 2. The molecule has 2 aliphatic heterocycles. The Morgan fingerprint density at radius 3 is 2.79 bits per heavy atom. The maximum absolute atomic E-state index is 13.0. The van der Waals surface area contributed by atoms with Crippen molar-refractivity contribution in [1.82, 2.24) is 10.2 Å². The Hall–Kier alpha value is -3.26. The highest BCUT2D eigenvalue weighted by Gasteiger charge is 2.49. The van der Waals surface area contributed by atoms with Crippen LogP contribution in [0.3, 0.4) is 0 Å². The molecule has 1 unspecified atom stereocenters. The second kappa shape index (κ2) is 6.97. The number of nitrogens with one attached hydrogen (secondary N) is 2. The SMILES string of the molecule is Cc1c(Cl)cccc1NC(=O)CN1C(=O)NC(C)(c2ccc3c(c2)OCO3)C1=O. The van der Waals surface area contributed by atoms with E-state index in [1.165, 1.54) is 0 Å². The van der Waals surface area contributed by atoms with Gasteiger partial charge in [0.25, 0.3) is 5.91 Å².